The van der Waals surface area contributed by atoms with Gasteiger partial charge in [0.1, 0.15) is 11.4 Å². The molecular formula is C23H26F3N3O2. The molecule has 1 heterocycles. The molecular weight excluding hydrogens is 407 g/mol. The summed E-state index contributed by atoms with van der Waals surface area (Å²) in [5, 5.41) is 13.4. The van der Waals surface area contributed by atoms with Gasteiger partial charge in [-0.3, -0.25) is 4.79 Å². The maximum atomic E-state index is 14.6. The molecule has 2 aliphatic rings. The third-order valence-corrected chi connectivity index (χ3v) is 6.50. The highest BCUT2D eigenvalue weighted by Crippen LogP contribution is 2.40. The summed E-state index contributed by atoms with van der Waals surface area (Å²) in [5.74, 6) is -3.71. The van der Waals surface area contributed by atoms with E-state index in [0.717, 1.165) is 30.9 Å². The molecule has 1 amide bonds. The van der Waals surface area contributed by atoms with Crippen molar-refractivity contribution in [1.82, 2.24) is 4.90 Å². The molecule has 4 N–H and O–H groups in total. The largest absolute Gasteiger partial charge is 0.386 e. The van der Waals surface area contributed by atoms with Crippen LogP contribution in [0.2, 0.25) is 0 Å². The highest BCUT2D eigenvalue weighted by molar-refractivity contribution is 6.01. The van der Waals surface area contributed by atoms with E-state index < -0.39 is 34.6 Å². The van der Waals surface area contributed by atoms with Crippen LogP contribution in [0.25, 0.3) is 0 Å². The summed E-state index contributed by atoms with van der Waals surface area (Å²) < 4.78 is 43.0. The quantitative estimate of drug-likeness (QED) is 0.672. The monoisotopic (exact) mass is 433 g/mol. The van der Waals surface area contributed by atoms with E-state index in [-0.39, 0.29) is 36.3 Å². The smallest absolute Gasteiger partial charge is 0.256 e. The first-order chi connectivity index (χ1) is 14.7. The molecule has 5 nitrogen and oxygen atoms in total. The van der Waals surface area contributed by atoms with E-state index in [0.29, 0.717) is 6.42 Å². The molecule has 4 rings (SSSR count). The molecule has 0 radical (unpaired) electrons. The summed E-state index contributed by atoms with van der Waals surface area (Å²) in [6, 6.07) is 6.32. The van der Waals surface area contributed by atoms with Crippen LogP contribution in [0, 0.1) is 23.4 Å². The minimum absolute atomic E-state index is 0.0622. The number of nitrogens with one attached hydrogen (secondary N) is 1. The van der Waals surface area contributed by atoms with E-state index in [2.05, 4.69) is 5.32 Å². The number of carbonyl (C=O) groups excluding carboxylic acids is 1. The number of nitrogens with zero attached hydrogens (tertiary/aromatic N) is 1. The zero-order valence-electron chi connectivity index (χ0n) is 17.3. The second-order valence-electron chi connectivity index (χ2n) is 8.54. The number of benzene rings is 2. The van der Waals surface area contributed by atoms with Gasteiger partial charge in [0, 0.05) is 12.0 Å². The molecule has 8 heteroatoms. The lowest BCUT2D eigenvalue weighted by Gasteiger charge is -2.51. The second-order valence-corrected chi connectivity index (χ2v) is 8.54. The fraction of sp³-hybridized carbons (Fsp3) is 0.435. The number of aliphatic hydroxyl groups is 1. The number of anilines is 2. The minimum atomic E-state index is -1.27. The first kappa shape index (κ1) is 21.6. The Bertz CT molecular complexity index is 1010. The molecule has 1 saturated heterocycles. The number of aryl methyl sites for hydroxylation is 1. The lowest BCUT2D eigenvalue weighted by molar-refractivity contribution is -0.121. The Kier molecular flexibility index (Phi) is 5.70. The molecule has 31 heavy (non-hydrogen) atoms. The van der Waals surface area contributed by atoms with E-state index in [9.17, 15) is 23.1 Å². The summed E-state index contributed by atoms with van der Waals surface area (Å²) in [7, 11) is 0. The molecule has 2 atom stereocenters. The zero-order chi connectivity index (χ0) is 22.3. The Morgan fingerprint density at radius 2 is 1.94 bits per heavy atom. The lowest BCUT2D eigenvalue weighted by atomic mass is 9.77. The molecule has 1 aliphatic heterocycles. The number of nitrogens with two attached hydrogens (primary N) is 1. The molecule has 2 fully saturated rings. The van der Waals surface area contributed by atoms with Crippen LogP contribution in [0.15, 0.2) is 30.3 Å². The van der Waals surface area contributed by atoms with Crippen LogP contribution in [0.4, 0.5) is 24.5 Å². The number of amides is 1. The van der Waals surface area contributed by atoms with E-state index >= 15 is 0 Å². The van der Waals surface area contributed by atoms with Crippen molar-refractivity contribution in [2.24, 2.45) is 11.7 Å². The summed E-state index contributed by atoms with van der Waals surface area (Å²) in [5.41, 5.74) is 5.15. The molecule has 0 spiro atoms. The maximum Gasteiger partial charge on any atom is 0.256 e. The van der Waals surface area contributed by atoms with Crippen molar-refractivity contribution in [3.05, 3.63) is 58.9 Å². The van der Waals surface area contributed by atoms with Crippen LogP contribution in [-0.4, -0.2) is 40.6 Å². The number of halogens is 3. The SMILES string of the molecule is CCc1ccc(Nc2c(C(=O)N3CC(O)(C4CCCC4N)C3)ccc(F)c2F)c(F)c1. The number of hydrogen-bond acceptors (Lipinski definition) is 4. The fourth-order valence-electron chi connectivity index (χ4n) is 4.68. The summed E-state index contributed by atoms with van der Waals surface area (Å²) in [4.78, 5) is 14.4. The van der Waals surface area contributed by atoms with Crippen LogP contribution < -0.4 is 11.1 Å². The van der Waals surface area contributed by atoms with Gasteiger partial charge >= 0.3 is 0 Å². The van der Waals surface area contributed by atoms with Gasteiger partial charge in [-0.05, 0) is 49.1 Å². The average Bonchev–Trinajstić information content (AvgIpc) is 3.16. The maximum absolute atomic E-state index is 14.6. The van der Waals surface area contributed by atoms with Crippen molar-refractivity contribution >= 4 is 17.3 Å². The number of hydrogen-bond donors (Lipinski definition) is 3. The van der Waals surface area contributed by atoms with Crippen molar-refractivity contribution in [2.45, 2.75) is 44.2 Å². The summed E-state index contributed by atoms with van der Waals surface area (Å²) >= 11 is 0. The van der Waals surface area contributed by atoms with E-state index in [4.69, 9.17) is 5.73 Å². The molecule has 1 saturated carbocycles. The number of carbonyl (C=O) groups is 1. The lowest BCUT2D eigenvalue weighted by Crippen LogP contribution is -2.68. The van der Waals surface area contributed by atoms with Crippen LogP contribution in [0.5, 0.6) is 0 Å². The van der Waals surface area contributed by atoms with Gasteiger partial charge in [-0.25, -0.2) is 13.2 Å². The predicted molar refractivity (Wildman–Crippen MR) is 112 cm³/mol. The highest BCUT2D eigenvalue weighted by Gasteiger charge is 2.52. The first-order valence-corrected chi connectivity index (χ1v) is 10.5. The zero-order valence-corrected chi connectivity index (χ0v) is 17.3. The Labute approximate surface area is 179 Å². The third-order valence-electron chi connectivity index (χ3n) is 6.50. The molecule has 0 aromatic heterocycles. The van der Waals surface area contributed by atoms with Crippen molar-refractivity contribution in [3.8, 4) is 0 Å². The molecule has 2 aromatic rings. The first-order valence-electron chi connectivity index (χ1n) is 10.5. The van der Waals surface area contributed by atoms with Crippen molar-refractivity contribution in [1.29, 1.82) is 0 Å². The van der Waals surface area contributed by atoms with Gasteiger partial charge in [-0.1, -0.05) is 19.4 Å². The van der Waals surface area contributed by atoms with Crippen LogP contribution in [0.1, 0.15) is 42.1 Å². The van der Waals surface area contributed by atoms with Crippen LogP contribution in [0.3, 0.4) is 0 Å². The van der Waals surface area contributed by atoms with Gasteiger partial charge in [0.05, 0.1) is 30.0 Å². The Hall–Kier alpha value is -2.58. The van der Waals surface area contributed by atoms with E-state index in [1.165, 1.54) is 23.1 Å². The van der Waals surface area contributed by atoms with Crippen molar-refractivity contribution in [3.63, 3.8) is 0 Å². The normalized spacial score (nSPS) is 22.3. The molecule has 0 bridgehead atoms. The molecule has 1 aliphatic carbocycles. The number of β-amino-alcohol motifs (C(OH)–C–C–N with tert-alkyl or cyclic N) is 1. The van der Waals surface area contributed by atoms with Crippen LogP contribution >= 0.6 is 0 Å². The van der Waals surface area contributed by atoms with Crippen molar-refractivity contribution in [2.75, 3.05) is 18.4 Å². The van der Waals surface area contributed by atoms with Gasteiger partial charge < -0.3 is 21.1 Å². The molecule has 2 unspecified atom stereocenters. The standard InChI is InChI=1S/C23H26F3N3O2/c1-2-13-6-9-19(17(25)10-13)28-21-14(7-8-16(24)20(21)26)22(30)29-11-23(31,12-29)15-4-3-5-18(15)27/h6-10,15,18,28,31H,2-5,11-12,27H2,1H3. The number of likely N-dealkylation sites (tertiary alicyclic amines) is 1. The minimum Gasteiger partial charge on any atom is -0.386 e. The topological polar surface area (TPSA) is 78.6 Å². The average molecular weight is 433 g/mol. The van der Waals surface area contributed by atoms with Gasteiger partial charge in [0.25, 0.3) is 5.91 Å². The van der Waals surface area contributed by atoms with Gasteiger partial charge in [0.2, 0.25) is 0 Å². The number of rotatable bonds is 5. The fourth-order valence-corrected chi connectivity index (χ4v) is 4.68. The van der Waals surface area contributed by atoms with E-state index in [1.54, 1.807) is 6.07 Å². The summed E-state index contributed by atoms with van der Waals surface area (Å²) in [6.07, 6.45) is 3.19. The Morgan fingerprint density at radius 1 is 1.19 bits per heavy atom. The van der Waals surface area contributed by atoms with E-state index in [1.807, 2.05) is 6.92 Å². The highest BCUT2D eigenvalue weighted by atomic mass is 19.2. The predicted octanol–water partition coefficient (Wildman–Crippen LogP) is 3.72. The Balaban J connectivity index is 1.58. The van der Waals surface area contributed by atoms with Crippen molar-refractivity contribution < 1.29 is 23.1 Å². The molecule has 166 valence electrons. The second kappa shape index (κ2) is 8.16. The Morgan fingerprint density at radius 3 is 2.55 bits per heavy atom. The van der Waals surface area contributed by atoms with Gasteiger partial charge in [-0.15, -0.1) is 0 Å². The van der Waals surface area contributed by atoms with Crippen LogP contribution in [-0.2, 0) is 6.42 Å². The molecule has 2 aromatic carbocycles. The summed E-state index contributed by atoms with van der Waals surface area (Å²) in [6.45, 7) is 2.02. The third kappa shape index (κ3) is 3.90. The van der Waals surface area contributed by atoms with Gasteiger partial charge in [-0.2, -0.15) is 0 Å². The van der Waals surface area contributed by atoms with Gasteiger partial charge in [0.15, 0.2) is 11.6 Å².